The van der Waals surface area contributed by atoms with Gasteiger partial charge in [-0.1, -0.05) is 121 Å². The van der Waals surface area contributed by atoms with Crippen LogP contribution in [-0.2, 0) is 0 Å². The van der Waals surface area contributed by atoms with E-state index in [0.717, 1.165) is 56.3 Å². The number of ether oxygens (including phenoxy) is 1. The largest absolute Gasteiger partial charge is 0.456 e. The van der Waals surface area contributed by atoms with Gasteiger partial charge >= 0.3 is 0 Å². The molecule has 7 aromatic carbocycles. The summed E-state index contributed by atoms with van der Waals surface area (Å²) in [6.45, 7) is 0. The molecule has 3 heteroatoms. The highest BCUT2D eigenvalue weighted by Crippen LogP contribution is 2.48. The molecule has 1 aliphatic heterocycles. The molecule has 44 heavy (non-hydrogen) atoms. The van der Waals surface area contributed by atoms with Crippen molar-refractivity contribution in [2.45, 2.75) is 0 Å². The molecule has 0 bridgehead atoms. The Balaban J connectivity index is 1.12. The maximum atomic E-state index is 6.31. The Labute approximate surface area is 255 Å². The normalized spacial score (nSPS) is 11.8. The van der Waals surface area contributed by atoms with Gasteiger partial charge in [0.2, 0.25) is 0 Å². The summed E-state index contributed by atoms with van der Waals surface area (Å²) in [5, 5.41) is 2.37. The van der Waals surface area contributed by atoms with E-state index in [2.05, 4.69) is 138 Å². The number of aromatic nitrogens is 2. The Morgan fingerprint density at radius 2 is 1.16 bits per heavy atom. The molecule has 0 radical (unpaired) electrons. The van der Waals surface area contributed by atoms with Crippen LogP contribution in [0.1, 0.15) is 0 Å². The Bertz CT molecular complexity index is 2340. The number of nitrogens with zero attached hydrogens (tertiary/aromatic N) is 2. The molecule has 0 fully saturated rings. The molecular weight excluding hydrogens is 536 g/mol. The van der Waals surface area contributed by atoms with Gasteiger partial charge in [0.25, 0.3) is 0 Å². The quantitative estimate of drug-likeness (QED) is 0.213. The van der Waals surface area contributed by atoms with Crippen LogP contribution in [0.3, 0.4) is 0 Å². The topological polar surface area (TPSA) is 27.1 Å². The van der Waals surface area contributed by atoms with Crippen molar-refractivity contribution in [1.29, 1.82) is 0 Å². The van der Waals surface area contributed by atoms with Crippen molar-refractivity contribution in [3.63, 3.8) is 0 Å². The maximum absolute atomic E-state index is 6.31. The van der Waals surface area contributed by atoms with Crippen LogP contribution in [0.5, 0.6) is 11.5 Å². The second-order valence-corrected chi connectivity index (χ2v) is 11.2. The van der Waals surface area contributed by atoms with Crippen molar-refractivity contribution < 1.29 is 4.74 Å². The number of hydrogen-bond acceptors (Lipinski definition) is 2. The summed E-state index contributed by atoms with van der Waals surface area (Å²) in [6, 6.07) is 55.4. The summed E-state index contributed by atoms with van der Waals surface area (Å²) in [4.78, 5) is 5.14. The molecule has 206 valence electrons. The number of hydrogen-bond donors (Lipinski definition) is 0. The number of imidazole rings is 1. The van der Waals surface area contributed by atoms with E-state index < -0.39 is 0 Å². The minimum absolute atomic E-state index is 0.908. The van der Waals surface area contributed by atoms with Gasteiger partial charge in [-0.15, -0.1) is 0 Å². The average Bonchev–Trinajstić information content (AvgIpc) is 3.48. The van der Waals surface area contributed by atoms with Gasteiger partial charge in [-0.2, -0.15) is 0 Å². The number of rotatable bonds is 4. The second kappa shape index (κ2) is 9.82. The first-order valence-corrected chi connectivity index (χ1v) is 14.9. The molecule has 0 saturated heterocycles. The first kappa shape index (κ1) is 24.6. The van der Waals surface area contributed by atoms with E-state index in [1.165, 1.54) is 27.5 Å². The van der Waals surface area contributed by atoms with Crippen molar-refractivity contribution in [3.05, 3.63) is 158 Å². The second-order valence-electron chi connectivity index (χ2n) is 11.2. The minimum Gasteiger partial charge on any atom is -0.456 e. The first-order valence-electron chi connectivity index (χ1n) is 14.9. The highest BCUT2D eigenvalue weighted by molar-refractivity contribution is 6.09. The van der Waals surface area contributed by atoms with Crippen LogP contribution in [0.25, 0.3) is 72.3 Å². The van der Waals surface area contributed by atoms with Crippen molar-refractivity contribution in [1.82, 2.24) is 9.55 Å². The lowest BCUT2D eigenvalue weighted by molar-refractivity contribution is 0.487. The molecule has 1 aromatic heterocycles. The van der Waals surface area contributed by atoms with Crippen LogP contribution in [-0.4, -0.2) is 9.55 Å². The van der Waals surface area contributed by atoms with Gasteiger partial charge in [0.1, 0.15) is 17.3 Å². The molecule has 0 saturated carbocycles. The zero-order valence-electron chi connectivity index (χ0n) is 23.8. The predicted octanol–water partition coefficient (Wildman–Crippen LogP) is 11.0. The van der Waals surface area contributed by atoms with Gasteiger partial charge in [-0.25, -0.2) is 4.98 Å². The number of fused-ring (bicyclic) bond motifs is 3. The summed E-state index contributed by atoms with van der Waals surface area (Å²) >= 11 is 0. The van der Waals surface area contributed by atoms with Crippen molar-refractivity contribution in [3.8, 4) is 62.0 Å². The van der Waals surface area contributed by atoms with Crippen LogP contribution < -0.4 is 4.74 Å². The van der Waals surface area contributed by atoms with Gasteiger partial charge in [0, 0.05) is 22.2 Å². The molecule has 3 nitrogen and oxygen atoms in total. The highest BCUT2D eigenvalue weighted by Gasteiger charge is 2.21. The third-order valence-electron chi connectivity index (χ3n) is 8.63. The van der Waals surface area contributed by atoms with Gasteiger partial charge in [-0.05, 0) is 69.6 Å². The third kappa shape index (κ3) is 3.87. The van der Waals surface area contributed by atoms with Gasteiger partial charge in [-0.3, -0.25) is 4.57 Å². The molecule has 0 unspecified atom stereocenters. The monoisotopic (exact) mass is 562 g/mol. The molecule has 0 spiro atoms. The van der Waals surface area contributed by atoms with E-state index in [1.807, 2.05) is 24.3 Å². The summed E-state index contributed by atoms with van der Waals surface area (Å²) < 4.78 is 8.56. The fourth-order valence-corrected chi connectivity index (χ4v) is 6.55. The zero-order chi connectivity index (χ0) is 29.0. The summed E-state index contributed by atoms with van der Waals surface area (Å²) in [6.07, 6.45) is 0. The van der Waals surface area contributed by atoms with Crippen LogP contribution in [0.15, 0.2) is 158 Å². The Kier molecular flexibility index (Phi) is 5.50. The standard InChI is InChI=1S/C41H26N2O/c1-3-10-29(11-4-1)41-42-36-26-30(22-24-37(36)43(41)31-12-5-2-6-13-31)27-18-20-28(21-19-27)32-23-25-39-40-34(32)15-9-16-35(40)33-14-7-8-17-38(33)44-39/h1-26H. The lowest BCUT2D eigenvalue weighted by atomic mass is 9.90. The van der Waals surface area contributed by atoms with E-state index in [1.54, 1.807) is 0 Å². The molecule has 1 aliphatic rings. The summed E-state index contributed by atoms with van der Waals surface area (Å²) in [5.74, 6) is 2.76. The molecular formula is C41H26N2O. The lowest BCUT2D eigenvalue weighted by Crippen LogP contribution is -1.97. The molecule has 9 rings (SSSR count). The predicted molar refractivity (Wildman–Crippen MR) is 180 cm³/mol. The van der Waals surface area contributed by atoms with E-state index >= 15 is 0 Å². The highest BCUT2D eigenvalue weighted by atomic mass is 16.5. The number of benzene rings is 7. The Hall–Kier alpha value is -5.93. The van der Waals surface area contributed by atoms with E-state index in [9.17, 15) is 0 Å². The van der Waals surface area contributed by atoms with E-state index in [4.69, 9.17) is 9.72 Å². The molecule has 0 amide bonds. The van der Waals surface area contributed by atoms with Crippen molar-refractivity contribution in [2.75, 3.05) is 0 Å². The first-order chi connectivity index (χ1) is 21.8. The Morgan fingerprint density at radius 3 is 2.00 bits per heavy atom. The van der Waals surface area contributed by atoms with E-state index in [0.29, 0.717) is 0 Å². The molecule has 8 aromatic rings. The smallest absolute Gasteiger partial charge is 0.145 e. The van der Waals surface area contributed by atoms with Crippen LogP contribution in [0, 0.1) is 0 Å². The fraction of sp³-hybridized carbons (Fsp3) is 0. The van der Waals surface area contributed by atoms with Crippen LogP contribution in [0.2, 0.25) is 0 Å². The van der Waals surface area contributed by atoms with Gasteiger partial charge in [0.15, 0.2) is 0 Å². The minimum atomic E-state index is 0.908. The average molecular weight is 563 g/mol. The summed E-state index contributed by atoms with van der Waals surface area (Å²) in [7, 11) is 0. The van der Waals surface area contributed by atoms with Gasteiger partial charge < -0.3 is 4.74 Å². The summed E-state index contributed by atoms with van der Waals surface area (Å²) in [5.41, 5.74) is 11.3. The zero-order valence-corrected chi connectivity index (χ0v) is 23.8. The van der Waals surface area contributed by atoms with Crippen molar-refractivity contribution >= 4 is 21.8 Å². The third-order valence-corrected chi connectivity index (χ3v) is 8.63. The Morgan fingerprint density at radius 1 is 0.455 bits per heavy atom. The molecule has 0 N–H and O–H groups in total. The van der Waals surface area contributed by atoms with Crippen LogP contribution in [0.4, 0.5) is 0 Å². The van der Waals surface area contributed by atoms with Gasteiger partial charge in [0.05, 0.1) is 11.0 Å². The molecule has 0 atom stereocenters. The molecule has 2 heterocycles. The lowest BCUT2D eigenvalue weighted by Gasteiger charge is -2.22. The number of para-hydroxylation sites is 2. The SMILES string of the molecule is c1ccc(-c2nc3cc(-c4ccc(-c5ccc6c7c(cccc57)-c5ccccc5O6)cc4)ccc3n2-c2ccccc2)cc1. The fourth-order valence-electron chi connectivity index (χ4n) is 6.55. The van der Waals surface area contributed by atoms with E-state index in [-0.39, 0.29) is 0 Å². The maximum Gasteiger partial charge on any atom is 0.145 e. The molecule has 0 aliphatic carbocycles. The van der Waals surface area contributed by atoms with Crippen molar-refractivity contribution in [2.24, 2.45) is 0 Å². The van der Waals surface area contributed by atoms with Crippen LogP contribution >= 0.6 is 0 Å².